The first-order valence-electron chi connectivity index (χ1n) is 9.06. The van der Waals surface area contributed by atoms with Crippen molar-refractivity contribution in [2.45, 2.75) is 39.2 Å². The van der Waals surface area contributed by atoms with Gasteiger partial charge in [-0.05, 0) is 37.8 Å². The minimum Gasteiger partial charge on any atom is -0.349 e. The van der Waals surface area contributed by atoms with Crippen LogP contribution < -0.4 is 10.2 Å². The van der Waals surface area contributed by atoms with Gasteiger partial charge >= 0.3 is 0 Å². The molecule has 2 aromatic rings. The largest absolute Gasteiger partial charge is 0.349 e. The maximum atomic E-state index is 12.8. The molecule has 1 aromatic heterocycles. The molecule has 0 spiro atoms. The highest BCUT2D eigenvalue weighted by atomic mass is 16.2. The van der Waals surface area contributed by atoms with Gasteiger partial charge < -0.3 is 10.2 Å². The Kier molecular flexibility index (Phi) is 5.64. The minimum absolute atomic E-state index is 0.0166. The Morgan fingerprint density at radius 3 is 2.68 bits per heavy atom. The summed E-state index contributed by atoms with van der Waals surface area (Å²) in [6, 6.07) is 10.3. The van der Waals surface area contributed by atoms with Crippen molar-refractivity contribution in [1.82, 2.24) is 15.3 Å². The fraction of sp³-hybridized carbons (Fsp3) is 0.450. The van der Waals surface area contributed by atoms with Gasteiger partial charge in [0.05, 0.1) is 12.0 Å². The lowest BCUT2D eigenvalue weighted by atomic mass is 9.95. The molecular weight excluding hydrogens is 312 g/mol. The first kappa shape index (κ1) is 17.4. The monoisotopic (exact) mass is 338 g/mol. The molecule has 1 saturated heterocycles. The number of anilines is 1. The molecule has 1 amide bonds. The molecule has 5 heteroatoms. The molecule has 5 nitrogen and oxygen atoms in total. The second-order valence-electron chi connectivity index (χ2n) is 6.71. The van der Waals surface area contributed by atoms with E-state index in [0.717, 1.165) is 25.8 Å². The van der Waals surface area contributed by atoms with Crippen molar-refractivity contribution in [3.63, 3.8) is 0 Å². The van der Waals surface area contributed by atoms with Gasteiger partial charge in [-0.2, -0.15) is 0 Å². The van der Waals surface area contributed by atoms with Crippen LogP contribution >= 0.6 is 0 Å². The predicted octanol–water partition coefficient (Wildman–Crippen LogP) is 3.27. The summed E-state index contributed by atoms with van der Waals surface area (Å²) in [6.45, 7) is 5.77. The Bertz CT molecular complexity index is 687. The Hall–Kier alpha value is -2.43. The quantitative estimate of drug-likeness (QED) is 0.909. The number of aromatic nitrogens is 2. The van der Waals surface area contributed by atoms with Crippen LogP contribution in [0, 0.1) is 12.8 Å². The van der Waals surface area contributed by atoms with E-state index in [4.69, 9.17) is 0 Å². The molecule has 1 N–H and O–H groups in total. The molecular formula is C20H26N4O. The van der Waals surface area contributed by atoms with E-state index >= 15 is 0 Å². The number of hydrogen-bond donors (Lipinski definition) is 1. The van der Waals surface area contributed by atoms with Gasteiger partial charge in [-0.25, -0.2) is 9.97 Å². The normalized spacial score (nSPS) is 18.6. The molecule has 25 heavy (non-hydrogen) atoms. The van der Waals surface area contributed by atoms with Gasteiger partial charge in [-0.1, -0.05) is 36.8 Å². The Balaban J connectivity index is 1.64. The molecule has 132 valence electrons. The lowest BCUT2D eigenvalue weighted by molar-refractivity contribution is -0.126. The number of nitrogens with zero attached hydrogens (tertiary/aromatic N) is 3. The lowest BCUT2D eigenvalue weighted by Gasteiger charge is -2.32. The highest BCUT2D eigenvalue weighted by Crippen LogP contribution is 2.23. The van der Waals surface area contributed by atoms with Crippen LogP contribution in [0.25, 0.3) is 0 Å². The number of carbonyl (C=O) groups is 1. The summed E-state index contributed by atoms with van der Waals surface area (Å²) in [5.74, 6) is 0.829. The van der Waals surface area contributed by atoms with Gasteiger partial charge in [0, 0.05) is 25.5 Å². The molecule has 1 aliphatic rings. The molecule has 1 aliphatic heterocycles. The highest BCUT2D eigenvalue weighted by molar-refractivity contribution is 5.80. The molecule has 2 atom stereocenters. The number of benzene rings is 1. The minimum atomic E-state index is -0.0166. The molecule has 0 bridgehead atoms. The van der Waals surface area contributed by atoms with Crippen molar-refractivity contribution in [3.8, 4) is 0 Å². The number of piperidine rings is 1. The average molecular weight is 338 g/mol. The van der Waals surface area contributed by atoms with Crippen LogP contribution in [0.3, 0.4) is 0 Å². The fourth-order valence-corrected chi connectivity index (χ4v) is 3.34. The van der Waals surface area contributed by atoms with Crippen molar-refractivity contribution < 1.29 is 4.79 Å². The van der Waals surface area contributed by atoms with Gasteiger partial charge in [0.1, 0.15) is 0 Å². The van der Waals surface area contributed by atoms with Gasteiger partial charge in [-0.15, -0.1) is 0 Å². The van der Waals surface area contributed by atoms with Crippen molar-refractivity contribution >= 4 is 11.9 Å². The van der Waals surface area contributed by atoms with Crippen molar-refractivity contribution in [3.05, 3.63) is 53.9 Å². The first-order valence-corrected chi connectivity index (χ1v) is 9.06. The zero-order chi connectivity index (χ0) is 17.6. The average Bonchev–Trinajstić information content (AvgIpc) is 2.67. The van der Waals surface area contributed by atoms with Crippen LogP contribution in [0.4, 0.5) is 5.95 Å². The van der Waals surface area contributed by atoms with E-state index in [1.165, 1.54) is 11.1 Å². The van der Waals surface area contributed by atoms with Crippen LogP contribution in [0.15, 0.2) is 42.7 Å². The van der Waals surface area contributed by atoms with E-state index in [0.29, 0.717) is 12.5 Å². The van der Waals surface area contributed by atoms with Gasteiger partial charge in [0.15, 0.2) is 0 Å². The zero-order valence-corrected chi connectivity index (χ0v) is 15.0. The standard InChI is InChI=1S/C20H26N4O/c1-3-18(16-9-7-15(2)8-10-16)23-19(25)17-6-4-13-24(14-17)20-21-11-5-12-22-20/h5,7-12,17-18H,3-4,6,13-14H2,1-2H3,(H,23,25). The molecule has 1 fully saturated rings. The number of hydrogen-bond acceptors (Lipinski definition) is 4. The van der Waals surface area contributed by atoms with Gasteiger partial charge in [0.2, 0.25) is 11.9 Å². The summed E-state index contributed by atoms with van der Waals surface area (Å²) >= 11 is 0. The molecule has 0 saturated carbocycles. The Labute approximate surface area is 149 Å². The van der Waals surface area contributed by atoms with E-state index in [9.17, 15) is 4.79 Å². The Morgan fingerprint density at radius 1 is 1.28 bits per heavy atom. The van der Waals surface area contributed by atoms with Gasteiger partial charge in [-0.3, -0.25) is 4.79 Å². The van der Waals surface area contributed by atoms with Crippen LogP contribution in [0.2, 0.25) is 0 Å². The summed E-state index contributed by atoms with van der Waals surface area (Å²) < 4.78 is 0. The molecule has 2 unspecified atom stereocenters. The number of amides is 1. The number of nitrogens with one attached hydrogen (secondary N) is 1. The number of aryl methyl sites for hydroxylation is 1. The van der Waals surface area contributed by atoms with Crippen molar-refractivity contribution in [2.24, 2.45) is 5.92 Å². The van der Waals surface area contributed by atoms with E-state index < -0.39 is 0 Å². The first-order chi connectivity index (χ1) is 12.2. The maximum Gasteiger partial charge on any atom is 0.225 e. The lowest BCUT2D eigenvalue weighted by Crippen LogP contribution is -2.44. The Morgan fingerprint density at radius 2 is 2.00 bits per heavy atom. The predicted molar refractivity (Wildman–Crippen MR) is 99.3 cm³/mol. The smallest absolute Gasteiger partial charge is 0.225 e. The molecule has 0 radical (unpaired) electrons. The molecule has 2 heterocycles. The van der Waals surface area contributed by atoms with Crippen molar-refractivity contribution in [1.29, 1.82) is 0 Å². The van der Waals surface area contributed by atoms with Crippen LogP contribution in [-0.4, -0.2) is 29.0 Å². The molecule has 0 aliphatic carbocycles. The molecule has 1 aromatic carbocycles. The maximum absolute atomic E-state index is 12.8. The van der Waals surface area contributed by atoms with E-state index in [1.807, 2.05) is 6.07 Å². The van der Waals surface area contributed by atoms with Crippen LogP contribution in [0.5, 0.6) is 0 Å². The third-order valence-corrected chi connectivity index (χ3v) is 4.83. The van der Waals surface area contributed by atoms with Crippen LogP contribution in [-0.2, 0) is 4.79 Å². The summed E-state index contributed by atoms with van der Waals surface area (Å²) in [4.78, 5) is 23.5. The van der Waals surface area contributed by atoms with Crippen molar-refractivity contribution in [2.75, 3.05) is 18.0 Å². The van der Waals surface area contributed by atoms with E-state index in [2.05, 4.69) is 58.3 Å². The van der Waals surface area contributed by atoms with Crippen LogP contribution in [0.1, 0.15) is 43.4 Å². The highest BCUT2D eigenvalue weighted by Gasteiger charge is 2.28. The third kappa shape index (κ3) is 4.35. The second-order valence-corrected chi connectivity index (χ2v) is 6.71. The molecule has 3 rings (SSSR count). The second kappa shape index (κ2) is 8.10. The van der Waals surface area contributed by atoms with Gasteiger partial charge in [0.25, 0.3) is 0 Å². The summed E-state index contributed by atoms with van der Waals surface area (Å²) in [6.07, 6.45) is 6.28. The summed E-state index contributed by atoms with van der Waals surface area (Å²) in [7, 11) is 0. The summed E-state index contributed by atoms with van der Waals surface area (Å²) in [5.41, 5.74) is 2.40. The zero-order valence-electron chi connectivity index (χ0n) is 15.0. The third-order valence-electron chi connectivity index (χ3n) is 4.83. The van der Waals surface area contributed by atoms with E-state index in [1.54, 1.807) is 12.4 Å². The SMILES string of the molecule is CCC(NC(=O)C1CCCN(c2ncccn2)C1)c1ccc(C)cc1. The number of rotatable bonds is 5. The fourth-order valence-electron chi connectivity index (χ4n) is 3.34. The number of carbonyl (C=O) groups excluding carboxylic acids is 1. The summed E-state index contributed by atoms with van der Waals surface area (Å²) in [5, 5.41) is 3.24. The van der Waals surface area contributed by atoms with E-state index in [-0.39, 0.29) is 17.9 Å². The topological polar surface area (TPSA) is 58.1 Å².